The third kappa shape index (κ3) is 3.74. The zero-order valence-electron chi connectivity index (χ0n) is 14.4. The van der Waals surface area contributed by atoms with E-state index in [2.05, 4.69) is 5.32 Å². The molecular weight excluding hydrogens is 393 g/mol. The lowest BCUT2D eigenvalue weighted by Crippen LogP contribution is -2.54. The number of carbonyl (C=O) groups excluding carboxylic acids is 2. The molecule has 9 heteroatoms. The number of hydrogen-bond donors (Lipinski definition) is 1. The molecule has 0 atom stereocenters. The monoisotopic (exact) mass is 406 g/mol. The average molecular weight is 406 g/mol. The van der Waals surface area contributed by atoms with Gasteiger partial charge in [-0.3, -0.25) is 19.8 Å². The van der Waals surface area contributed by atoms with Crippen molar-refractivity contribution >= 4 is 40.9 Å². The zero-order valence-corrected chi connectivity index (χ0v) is 15.2. The second-order valence-corrected chi connectivity index (χ2v) is 6.13. The Labute approximate surface area is 163 Å². The predicted octanol–water partition coefficient (Wildman–Crippen LogP) is 3.55. The standard InChI is InChI=1S/C19H13F3N2O3S/c1-27-15-8-3-2-5-11(15)9-14-16(25)23-18(28)24(17(14)26)13-7-4-6-12(10-13)19(20,21)22/h2-10H,1H3,(H,23,25,28)/b14-9+. The summed E-state index contributed by atoms with van der Waals surface area (Å²) in [5.74, 6) is -1.16. The highest BCUT2D eigenvalue weighted by Crippen LogP contribution is 2.33. The van der Waals surface area contributed by atoms with Gasteiger partial charge in [-0.1, -0.05) is 24.3 Å². The van der Waals surface area contributed by atoms with Crippen LogP contribution in [0.15, 0.2) is 54.1 Å². The van der Waals surface area contributed by atoms with Gasteiger partial charge in [-0.2, -0.15) is 13.2 Å². The fraction of sp³-hybridized carbons (Fsp3) is 0.105. The lowest BCUT2D eigenvalue weighted by atomic mass is 10.1. The number of ether oxygens (including phenoxy) is 1. The first-order chi connectivity index (χ1) is 13.2. The number of thiocarbonyl (C=S) groups is 1. The molecule has 1 aliphatic rings. The van der Waals surface area contributed by atoms with E-state index in [0.29, 0.717) is 11.3 Å². The number of rotatable bonds is 3. The Bertz CT molecular complexity index is 1000. The molecule has 0 aromatic heterocycles. The first kappa shape index (κ1) is 19.6. The predicted molar refractivity (Wildman–Crippen MR) is 101 cm³/mol. The van der Waals surface area contributed by atoms with Crippen LogP contribution in [0.3, 0.4) is 0 Å². The number of benzene rings is 2. The van der Waals surface area contributed by atoms with Gasteiger partial charge in [0.2, 0.25) is 0 Å². The SMILES string of the molecule is COc1ccccc1/C=C1\C(=O)NC(=S)N(c2cccc(C(F)(F)F)c2)C1=O. The highest BCUT2D eigenvalue weighted by atomic mass is 32.1. The molecule has 1 heterocycles. The molecule has 0 unspecified atom stereocenters. The Kier molecular flexibility index (Phi) is 5.19. The fourth-order valence-corrected chi connectivity index (χ4v) is 2.94. The maximum absolute atomic E-state index is 13.0. The van der Waals surface area contributed by atoms with Crippen LogP contribution in [0.1, 0.15) is 11.1 Å². The summed E-state index contributed by atoms with van der Waals surface area (Å²) >= 11 is 5.01. The van der Waals surface area contributed by atoms with Gasteiger partial charge in [-0.25, -0.2) is 0 Å². The number of alkyl halides is 3. The van der Waals surface area contributed by atoms with Crippen molar-refractivity contribution in [1.82, 2.24) is 5.32 Å². The van der Waals surface area contributed by atoms with Gasteiger partial charge in [-0.05, 0) is 42.6 Å². The van der Waals surface area contributed by atoms with E-state index in [1.807, 2.05) is 0 Å². The molecule has 0 radical (unpaired) electrons. The molecule has 2 aromatic rings. The Hall–Kier alpha value is -3.20. The largest absolute Gasteiger partial charge is 0.496 e. The quantitative estimate of drug-likeness (QED) is 0.481. The van der Waals surface area contributed by atoms with E-state index < -0.39 is 23.6 Å². The number of carbonyl (C=O) groups is 2. The van der Waals surface area contributed by atoms with Crippen LogP contribution in [0, 0.1) is 0 Å². The molecule has 5 nitrogen and oxygen atoms in total. The lowest BCUT2D eigenvalue weighted by molar-refractivity contribution is -0.137. The second-order valence-electron chi connectivity index (χ2n) is 5.75. The topological polar surface area (TPSA) is 58.6 Å². The number of hydrogen-bond acceptors (Lipinski definition) is 4. The van der Waals surface area contributed by atoms with E-state index in [4.69, 9.17) is 17.0 Å². The van der Waals surface area contributed by atoms with Crippen molar-refractivity contribution in [2.24, 2.45) is 0 Å². The van der Waals surface area contributed by atoms with Crippen LogP contribution in [0.4, 0.5) is 18.9 Å². The van der Waals surface area contributed by atoms with Crippen molar-refractivity contribution in [2.45, 2.75) is 6.18 Å². The number of para-hydroxylation sites is 1. The Morgan fingerprint density at radius 3 is 2.50 bits per heavy atom. The highest BCUT2D eigenvalue weighted by molar-refractivity contribution is 7.80. The molecule has 1 saturated heterocycles. The molecule has 1 N–H and O–H groups in total. The maximum atomic E-state index is 13.0. The highest BCUT2D eigenvalue weighted by Gasteiger charge is 2.36. The van der Waals surface area contributed by atoms with Gasteiger partial charge >= 0.3 is 6.18 Å². The first-order valence-corrected chi connectivity index (χ1v) is 8.35. The third-order valence-corrected chi connectivity index (χ3v) is 4.26. The molecule has 0 saturated carbocycles. The summed E-state index contributed by atoms with van der Waals surface area (Å²) in [5, 5.41) is 2.03. The van der Waals surface area contributed by atoms with Crippen molar-refractivity contribution in [2.75, 3.05) is 12.0 Å². The molecular formula is C19H13F3N2O3S. The van der Waals surface area contributed by atoms with E-state index >= 15 is 0 Å². The van der Waals surface area contributed by atoms with E-state index in [9.17, 15) is 22.8 Å². The van der Waals surface area contributed by atoms with Crippen molar-refractivity contribution in [1.29, 1.82) is 0 Å². The summed E-state index contributed by atoms with van der Waals surface area (Å²) < 4.78 is 44.2. The number of methoxy groups -OCH3 is 1. The van der Waals surface area contributed by atoms with Gasteiger partial charge in [0.25, 0.3) is 11.8 Å². The Balaban J connectivity index is 2.05. The molecule has 2 aromatic carbocycles. The molecule has 0 bridgehead atoms. The van der Waals surface area contributed by atoms with Gasteiger partial charge in [-0.15, -0.1) is 0 Å². The molecule has 0 spiro atoms. The van der Waals surface area contributed by atoms with Gasteiger partial charge in [0.15, 0.2) is 5.11 Å². The molecule has 3 rings (SSSR count). The minimum Gasteiger partial charge on any atom is -0.496 e. The smallest absolute Gasteiger partial charge is 0.416 e. The fourth-order valence-electron chi connectivity index (χ4n) is 2.65. The van der Waals surface area contributed by atoms with Crippen LogP contribution in [-0.4, -0.2) is 24.0 Å². The summed E-state index contributed by atoms with van der Waals surface area (Å²) in [6.45, 7) is 0. The number of nitrogens with zero attached hydrogens (tertiary/aromatic N) is 1. The number of nitrogens with one attached hydrogen (secondary N) is 1. The summed E-state index contributed by atoms with van der Waals surface area (Å²) in [5.41, 5.74) is -0.862. The van der Waals surface area contributed by atoms with Crippen LogP contribution in [0.2, 0.25) is 0 Å². The van der Waals surface area contributed by atoms with Crippen molar-refractivity contribution < 1.29 is 27.5 Å². The van der Waals surface area contributed by atoms with Crippen LogP contribution in [0.5, 0.6) is 5.75 Å². The first-order valence-electron chi connectivity index (χ1n) is 7.94. The summed E-state index contributed by atoms with van der Waals surface area (Å²) in [6.07, 6.45) is -3.28. The van der Waals surface area contributed by atoms with Crippen LogP contribution < -0.4 is 15.0 Å². The maximum Gasteiger partial charge on any atom is 0.416 e. The minimum atomic E-state index is -4.59. The molecule has 0 aliphatic carbocycles. The third-order valence-electron chi connectivity index (χ3n) is 3.97. The number of anilines is 1. The Morgan fingerprint density at radius 1 is 1.11 bits per heavy atom. The van der Waals surface area contributed by atoms with E-state index in [-0.39, 0.29) is 16.4 Å². The molecule has 2 amide bonds. The molecule has 1 aliphatic heterocycles. The van der Waals surface area contributed by atoms with Gasteiger partial charge in [0.05, 0.1) is 18.4 Å². The molecule has 144 valence electrons. The molecule has 28 heavy (non-hydrogen) atoms. The number of amides is 2. The summed E-state index contributed by atoms with van der Waals surface area (Å²) in [6, 6.07) is 10.8. The van der Waals surface area contributed by atoms with E-state index in [1.54, 1.807) is 24.3 Å². The van der Waals surface area contributed by atoms with E-state index in [1.165, 1.54) is 19.3 Å². The van der Waals surface area contributed by atoms with Crippen LogP contribution >= 0.6 is 12.2 Å². The second kappa shape index (κ2) is 7.43. The minimum absolute atomic E-state index is 0.101. The van der Waals surface area contributed by atoms with E-state index in [0.717, 1.165) is 23.1 Å². The normalized spacial score (nSPS) is 16.4. The van der Waals surface area contributed by atoms with Gasteiger partial charge < -0.3 is 4.74 Å². The average Bonchev–Trinajstić information content (AvgIpc) is 2.65. The Morgan fingerprint density at radius 2 is 1.82 bits per heavy atom. The zero-order chi connectivity index (χ0) is 20.5. The number of halogens is 3. The summed E-state index contributed by atoms with van der Waals surface area (Å²) in [4.78, 5) is 26.0. The van der Waals surface area contributed by atoms with Gasteiger partial charge in [0.1, 0.15) is 11.3 Å². The lowest BCUT2D eigenvalue weighted by Gasteiger charge is -2.29. The van der Waals surface area contributed by atoms with Crippen LogP contribution in [0.25, 0.3) is 6.08 Å². The van der Waals surface area contributed by atoms with Crippen molar-refractivity contribution in [3.8, 4) is 5.75 Å². The van der Waals surface area contributed by atoms with Gasteiger partial charge in [0, 0.05) is 5.56 Å². The molecule has 1 fully saturated rings. The summed E-state index contributed by atoms with van der Waals surface area (Å²) in [7, 11) is 1.43. The van der Waals surface area contributed by atoms with Crippen molar-refractivity contribution in [3.63, 3.8) is 0 Å². The van der Waals surface area contributed by atoms with Crippen LogP contribution in [-0.2, 0) is 15.8 Å². The van der Waals surface area contributed by atoms with Crippen molar-refractivity contribution in [3.05, 3.63) is 65.2 Å².